The molecule has 3 unspecified atom stereocenters. The third kappa shape index (κ3) is 3.36. The minimum absolute atomic E-state index is 0.0346. The summed E-state index contributed by atoms with van der Waals surface area (Å²) in [6.07, 6.45) is -0.677. The third-order valence-corrected chi connectivity index (χ3v) is 3.55. The van der Waals surface area contributed by atoms with Crippen molar-refractivity contribution >= 4 is 5.91 Å². The fourth-order valence-electron chi connectivity index (χ4n) is 2.37. The first-order chi connectivity index (χ1) is 9.63. The van der Waals surface area contributed by atoms with Crippen molar-refractivity contribution in [2.45, 2.75) is 25.2 Å². The molecule has 1 amide bonds. The average molecular weight is 278 g/mol. The lowest BCUT2D eigenvalue weighted by Gasteiger charge is -2.36. The largest absolute Gasteiger partial charge is 0.373 e. The molecular weight excluding hydrogens is 256 g/mol. The molecule has 0 bridgehead atoms. The second-order valence-electron chi connectivity index (χ2n) is 5.08. The van der Waals surface area contributed by atoms with Gasteiger partial charge in [-0.25, -0.2) is 0 Å². The summed E-state index contributed by atoms with van der Waals surface area (Å²) in [4.78, 5) is 14.4. The van der Waals surface area contributed by atoms with Crippen LogP contribution in [0.4, 0.5) is 0 Å². The van der Waals surface area contributed by atoms with Gasteiger partial charge in [0.05, 0.1) is 12.7 Å². The molecule has 0 radical (unpaired) electrons. The molecule has 1 aromatic rings. The molecule has 0 aromatic heterocycles. The Hall–Kier alpha value is -1.43. The summed E-state index contributed by atoms with van der Waals surface area (Å²) in [5.74, 6) is -0.0346. The highest BCUT2D eigenvalue weighted by atomic mass is 16.5. The van der Waals surface area contributed by atoms with Crippen LogP contribution in [0, 0.1) is 0 Å². The highest BCUT2D eigenvalue weighted by Gasteiger charge is 2.31. The zero-order valence-corrected chi connectivity index (χ0v) is 12.0. The van der Waals surface area contributed by atoms with Crippen LogP contribution in [0.15, 0.2) is 30.3 Å². The van der Waals surface area contributed by atoms with Gasteiger partial charge in [0.2, 0.25) is 0 Å². The Morgan fingerprint density at radius 1 is 1.45 bits per heavy atom. The van der Waals surface area contributed by atoms with Gasteiger partial charge in [0.15, 0.2) is 6.10 Å². The van der Waals surface area contributed by atoms with Crippen LogP contribution in [0.5, 0.6) is 0 Å². The zero-order valence-electron chi connectivity index (χ0n) is 12.0. The number of carbonyl (C=O) groups excluding carboxylic acids is 1. The lowest BCUT2D eigenvalue weighted by Crippen LogP contribution is -2.52. The molecule has 1 fully saturated rings. The second kappa shape index (κ2) is 6.83. The number of nitrogens with zero attached hydrogens (tertiary/aromatic N) is 1. The van der Waals surface area contributed by atoms with Crippen molar-refractivity contribution < 1.29 is 14.3 Å². The number of benzene rings is 1. The highest BCUT2D eigenvalue weighted by Crippen LogP contribution is 2.21. The Morgan fingerprint density at radius 3 is 2.75 bits per heavy atom. The molecule has 5 nitrogen and oxygen atoms in total. The quantitative estimate of drug-likeness (QED) is 0.890. The van der Waals surface area contributed by atoms with Gasteiger partial charge in [-0.1, -0.05) is 30.3 Å². The zero-order chi connectivity index (χ0) is 14.5. The fraction of sp³-hybridized carbons (Fsp3) is 0.533. The first-order valence-electron chi connectivity index (χ1n) is 6.87. The molecule has 1 saturated heterocycles. The van der Waals surface area contributed by atoms with Gasteiger partial charge in [0.1, 0.15) is 0 Å². The average Bonchev–Trinajstić information content (AvgIpc) is 2.49. The van der Waals surface area contributed by atoms with Gasteiger partial charge in [-0.3, -0.25) is 4.79 Å². The predicted molar refractivity (Wildman–Crippen MR) is 76.2 cm³/mol. The SMILES string of the molecule is COC(C(=O)N1CCOC(C(C)N)C1)c1ccccc1. The summed E-state index contributed by atoms with van der Waals surface area (Å²) in [5.41, 5.74) is 6.72. The topological polar surface area (TPSA) is 64.8 Å². The lowest BCUT2D eigenvalue weighted by atomic mass is 10.1. The van der Waals surface area contributed by atoms with Crippen molar-refractivity contribution in [3.05, 3.63) is 35.9 Å². The van der Waals surface area contributed by atoms with E-state index in [2.05, 4.69) is 0 Å². The lowest BCUT2D eigenvalue weighted by molar-refractivity contribution is -0.150. The summed E-state index contributed by atoms with van der Waals surface area (Å²) in [5, 5.41) is 0. The summed E-state index contributed by atoms with van der Waals surface area (Å²) in [6, 6.07) is 9.42. The van der Waals surface area contributed by atoms with Crippen LogP contribution in [-0.2, 0) is 14.3 Å². The van der Waals surface area contributed by atoms with Crippen molar-refractivity contribution in [1.82, 2.24) is 4.90 Å². The van der Waals surface area contributed by atoms with E-state index in [1.807, 2.05) is 37.3 Å². The molecule has 1 aromatic carbocycles. The van der Waals surface area contributed by atoms with E-state index in [1.165, 1.54) is 0 Å². The van der Waals surface area contributed by atoms with E-state index >= 15 is 0 Å². The van der Waals surface area contributed by atoms with Gasteiger partial charge in [0.25, 0.3) is 5.91 Å². The second-order valence-corrected chi connectivity index (χ2v) is 5.08. The van der Waals surface area contributed by atoms with Crippen LogP contribution in [0.2, 0.25) is 0 Å². The van der Waals surface area contributed by atoms with E-state index in [4.69, 9.17) is 15.2 Å². The minimum Gasteiger partial charge on any atom is -0.373 e. The molecule has 110 valence electrons. The molecular formula is C15H22N2O3. The normalized spacial score (nSPS) is 22.4. The maximum absolute atomic E-state index is 12.6. The van der Waals surface area contributed by atoms with Crippen LogP contribution in [0.25, 0.3) is 0 Å². The van der Waals surface area contributed by atoms with Crippen molar-refractivity contribution in [3.63, 3.8) is 0 Å². The van der Waals surface area contributed by atoms with Crippen molar-refractivity contribution in [2.24, 2.45) is 5.73 Å². The van der Waals surface area contributed by atoms with E-state index in [0.29, 0.717) is 19.7 Å². The van der Waals surface area contributed by atoms with E-state index in [9.17, 15) is 4.79 Å². The van der Waals surface area contributed by atoms with E-state index < -0.39 is 6.10 Å². The molecule has 20 heavy (non-hydrogen) atoms. The van der Waals surface area contributed by atoms with Crippen LogP contribution in [0.1, 0.15) is 18.6 Å². The minimum atomic E-state index is -0.567. The summed E-state index contributed by atoms with van der Waals surface area (Å²) < 4.78 is 11.0. The number of ether oxygens (including phenoxy) is 2. The van der Waals surface area contributed by atoms with E-state index in [1.54, 1.807) is 12.0 Å². The van der Waals surface area contributed by atoms with Crippen molar-refractivity contribution in [2.75, 3.05) is 26.8 Å². The number of nitrogens with two attached hydrogens (primary N) is 1. The van der Waals surface area contributed by atoms with Crippen LogP contribution < -0.4 is 5.73 Å². The standard InChI is InChI=1S/C15H22N2O3/c1-11(16)13-10-17(8-9-20-13)15(18)14(19-2)12-6-4-3-5-7-12/h3-7,11,13-14H,8-10,16H2,1-2H3. The van der Waals surface area contributed by atoms with E-state index in [-0.39, 0.29) is 18.1 Å². The molecule has 2 rings (SSSR count). The Labute approximate surface area is 119 Å². The molecule has 5 heteroatoms. The number of methoxy groups -OCH3 is 1. The number of hydrogen-bond acceptors (Lipinski definition) is 4. The van der Waals surface area contributed by atoms with Gasteiger partial charge in [0, 0.05) is 26.2 Å². The van der Waals surface area contributed by atoms with Crippen LogP contribution >= 0.6 is 0 Å². The molecule has 1 aliphatic rings. The highest BCUT2D eigenvalue weighted by molar-refractivity contribution is 5.82. The summed E-state index contributed by atoms with van der Waals surface area (Å²) in [7, 11) is 1.55. The summed E-state index contributed by atoms with van der Waals surface area (Å²) in [6.45, 7) is 3.50. The maximum Gasteiger partial charge on any atom is 0.256 e. The molecule has 0 spiro atoms. The molecule has 2 N–H and O–H groups in total. The number of morpholine rings is 1. The van der Waals surface area contributed by atoms with Crippen molar-refractivity contribution in [3.8, 4) is 0 Å². The Balaban J connectivity index is 2.09. The first-order valence-corrected chi connectivity index (χ1v) is 6.87. The van der Waals surface area contributed by atoms with Gasteiger partial charge >= 0.3 is 0 Å². The molecule has 1 heterocycles. The number of rotatable bonds is 4. The summed E-state index contributed by atoms with van der Waals surface area (Å²) >= 11 is 0. The number of hydrogen-bond donors (Lipinski definition) is 1. The number of amides is 1. The maximum atomic E-state index is 12.6. The molecule has 0 aliphatic carbocycles. The van der Waals surface area contributed by atoms with Gasteiger partial charge in [-0.15, -0.1) is 0 Å². The first kappa shape index (κ1) is 15.0. The fourth-order valence-corrected chi connectivity index (χ4v) is 2.37. The smallest absolute Gasteiger partial charge is 0.256 e. The number of carbonyl (C=O) groups is 1. The Bertz CT molecular complexity index is 436. The third-order valence-electron chi connectivity index (χ3n) is 3.55. The Morgan fingerprint density at radius 2 is 2.15 bits per heavy atom. The monoisotopic (exact) mass is 278 g/mol. The van der Waals surface area contributed by atoms with Gasteiger partial charge < -0.3 is 20.1 Å². The molecule has 0 saturated carbocycles. The van der Waals surface area contributed by atoms with E-state index in [0.717, 1.165) is 5.56 Å². The molecule has 1 aliphatic heterocycles. The molecule has 3 atom stereocenters. The predicted octanol–water partition coefficient (Wildman–Crippen LogP) is 0.949. The van der Waals surface area contributed by atoms with Crippen molar-refractivity contribution in [1.29, 1.82) is 0 Å². The van der Waals surface area contributed by atoms with Crippen LogP contribution in [0.3, 0.4) is 0 Å². The van der Waals surface area contributed by atoms with Crippen LogP contribution in [-0.4, -0.2) is 49.8 Å². The van der Waals surface area contributed by atoms with Gasteiger partial charge in [-0.05, 0) is 12.5 Å². The van der Waals surface area contributed by atoms with Gasteiger partial charge in [-0.2, -0.15) is 0 Å². The Kier molecular flexibility index (Phi) is 5.11.